The van der Waals surface area contributed by atoms with Gasteiger partial charge in [0.1, 0.15) is 5.78 Å². The number of alkyl halides is 1. The number of ether oxygens (including phenoxy) is 1. The van der Waals surface area contributed by atoms with Crippen LogP contribution in [0.4, 0.5) is 0 Å². The number of ketones is 2. The molecule has 0 aliphatic heterocycles. The molecule has 4 nitrogen and oxygen atoms in total. The molecule has 7 atom stereocenters. The Kier molecular flexibility index (Phi) is 5.48. The van der Waals surface area contributed by atoms with E-state index in [2.05, 4.69) is 26.8 Å². The van der Waals surface area contributed by atoms with E-state index >= 15 is 0 Å². The lowest BCUT2D eigenvalue weighted by molar-refractivity contribution is -0.187. The first-order valence-electron chi connectivity index (χ1n) is 11.7. The van der Waals surface area contributed by atoms with Gasteiger partial charge in [-0.1, -0.05) is 39.3 Å². The van der Waals surface area contributed by atoms with Crippen LogP contribution in [0, 0.1) is 34.5 Å². The lowest BCUT2D eigenvalue weighted by atomic mass is 9.48. The highest BCUT2D eigenvalue weighted by atomic mass is 35.5. The lowest BCUT2D eigenvalue weighted by Gasteiger charge is -2.57. The fraction of sp³-hybridized carbons (Fsp3) is 0.800. The maximum atomic E-state index is 13.3. The van der Waals surface area contributed by atoms with Gasteiger partial charge in [-0.05, 0) is 55.3 Å². The minimum absolute atomic E-state index is 0.0551. The predicted octanol–water partition coefficient (Wildman–Crippen LogP) is 5.26. The van der Waals surface area contributed by atoms with Crippen LogP contribution in [0.1, 0.15) is 79.1 Å². The molecule has 0 aromatic heterocycles. The summed E-state index contributed by atoms with van der Waals surface area (Å²) in [6.07, 6.45) is 8.66. The van der Waals surface area contributed by atoms with Crippen molar-refractivity contribution in [1.29, 1.82) is 0 Å². The molecule has 0 amide bonds. The molecule has 4 aliphatic carbocycles. The molecular formula is C25H35ClO4. The molecule has 0 aromatic carbocycles. The van der Waals surface area contributed by atoms with Crippen LogP contribution in [-0.2, 0) is 19.1 Å². The molecule has 0 heterocycles. The molecule has 30 heavy (non-hydrogen) atoms. The number of esters is 1. The number of fused-ring (bicyclic) bond motifs is 5. The van der Waals surface area contributed by atoms with Gasteiger partial charge in [0.2, 0.25) is 0 Å². The van der Waals surface area contributed by atoms with Crippen LogP contribution in [0.3, 0.4) is 0 Å². The second kappa shape index (κ2) is 7.46. The summed E-state index contributed by atoms with van der Waals surface area (Å²) in [7, 11) is 0. The average Bonchev–Trinajstić information content (AvgIpc) is 2.95. The number of carbonyl (C=O) groups is 3. The van der Waals surface area contributed by atoms with Gasteiger partial charge >= 0.3 is 5.97 Å². The Morgan fingerprint density at radius 1 is 1.27 bits per heavy atom. The maximum absolute atomic E-state index is 13.3. The van der Waals surface area contributed by atoms with Crippen molar-refractivity contribution in [2.75, 3.05) is 5.88 Å². The van der Waals surface area contributed by atoms with Crippen molar-refractivity contribution in [3.63, 3.8) is 0 Å². The second-order valence-corrected chi connectivity index (χ2v) is 11.0. The van der Waals surface area contributed by atoms with Gasteiger partial charge in [-0.25, -0.2) is 0 Å². The van der Waals surface area contributed by atoms with Gasteiger partial charge < -0.3 is 4.74 Å². The van der Waals surface area contributed by atoms with Crippen molar-refractivity contribution in [3.05, 3.63) is 11.6 Å². The quantitative estimate of drug-likeness (QED) is 0.344. The molecule has 0 bridgehead atoms. The Labute approximate surface area is 185 Å². The minimum Gasteiger partial charge on any atom is -0.450 e. The van der Waals surface area contributed by atoms with E-state index in [1.165, 1.54) is 5.57 Å². The molecule has 0 N–H and O–H groups in total. The lowest BCUT2D eigenvalue weighted by Crippen LogP contribution is -2.59. The minimum atomic E-state index is -1.14. The van der Waals surface area contributed by atoms with Gasteiger partial charge in [0, 0.05) is 30.6 Å². The Bertz CT molecular complexity index is 803. The summed E-state index contributed by atoms with van der Waals surface area (Å²) in [6, 6.07) is 0. The van der Waals surface area contributed by atoms with Crippen LogP contribution in [0.25, 0.3) is 0 Å². The van der Waals surface area contributed by atoms with Crippen LogP contribution < -0.4 is 0 Å². The largest absolute Gasteiger partial charge is 0.450 e. The van der Waals surface area contributed by atoms with Crippen LogP contribution in [-0.4, -0.2) is 29.0 Å². The number of carbonyl (C=O) groups excluding carboxylic acids is 3. The molecule has 0 radical (unpaired) electrons. The third kappa shape index (κ3) is 2.81. The first-order valence-corrected chi connectivity index (χ1v) is 12.2. The molecule has 0 unspecified atom stereocenters. The fourth-order valence-electron chi connectivity index (χ4n) is 7.87. The van der Waals surface area contributed by atoms with E-state index in [0.29, 0.717) is 36.4 Å². The van der Waals surface area contributed by atoms with E-state index < -0.39 is 11.0 Å². The molecule has 3 fully saturated rings. The van der Waals surface area contributed by atoms with Crippen LogP contribution in [0.2, 0.25) is 0 Å². The summed E-state index contributed by atoms with van der Waals surface area (Å²) < 4.78 is 6.06. The van der Waals surface area contributed by atoms with Crippen LogP contribution >= 0.6 is 11.6 Å². The second-order valence-electron chi connectivity index (χ2n) is 10.7. The van der Waals surface area contributed by atoms with Gasteiger partial charge in [0.25, 0.3) is 0 Å². The van der Waals surface area contributed by atoms with Crippen LogP contribution in [0.15, 0.2) is 11.6 Å². The zero-order valence-electron chi connectivity index (χ0n) is 18.8. The van der Waals surface area contributed by atoms with E-state index in [9.17, 15) is 14.4 Å². The summed E-state index contributed by atoms with van der Waals surface area (Å²) in [5.74, 6) is 0.877. The first kappa shape index (κ1) is 22.0. The summed E-state index contributed by atoms with van der Waals surface area (Å²) in [5, 5.41) is 0. The molecule has 0 aromatic rings. The summed E-state index contributed by atoms with van der Waals surface area (Å²) in [4.78, 5) is 37.8. The highest BCUT2D eigenvalue weighted by Crippen LogP contribution is 2.68. The summed E-state index contributed by atoms with van der Waals surface area (Å²) in [6.45, 7) is 8.34. The van der Waals surface area contributed by atoms with Gasteiger partial charge in [-0.15, -0.1) is 11.6 Å². The fourth-order valence-corrected chi connectivity index (χ4v) is 8.06. The van der Waals surface area contributed by atoms with E-state index in [4.69, 9.17) is 16.3 Å². The topological polar surface area (TPSA) is 60.4 Å². The molecule has 4 rings (SSSR count). The standard InChI is InChI=1S/C25H35ClO4/c1-5-22(29)30-25(21(28)14-26)15(2)12-20-18-7-6-16-13-17(27)8-10-23(16,3)19(18)9-11-24(20,25)4/h9,15-16,18,20H,5-8,10-14H2,1-4H3/t15-,16+,18+,20-,23-,24-,25+/m0/s1. The van der Waals surface area contributed by atoms with Crippen molar-refractivity contribution in [3.8, 4) is 0 Å². The zero-order valence-corrected chi connectivity index (χ0v) is 19.5. The SMILES string of the molecule is CCC(=O)O[C@@]1(C(=O)CCl)[C@@H](C)C[C@H]2[C@@H]3CC[C@@H]4CC(=O)CC[C@]4(C)C3=CC[C@@]21C. The maximum Gasteiger partial charge on any atom is 0.306 e. The Balaban J connectivity index is 1.77. The van der Waals surface area contributed by atoms with Gasteiger partial charge in [0.15, 0.2) is 11.4 Å². The number of allylic oxidation sites excluding steroid dienone is 2. The smallest absolute Gasteiger partial charge is 0.306 e. The highest BCUT2D eigenvalue weighted by Gasteiger charge is 2.70. The highest BCUT2D eigenvalue weighted by molar-refractivity contribution is 6.29. The van der Waals surface area contributed by atoms with E-state index in [1.54, 1.807) is 6.92 Å². The van der Waals surface area contributed by atoms with E-state index in [-0.39, 0.29) is 35.4 Å². The van der Waals surface area contributed by atoms with Crippen molar-refractivity contribution in [1.82, 2.24) is 0 Å². The van der Waals surface area contributed by atoms with E-state index in [0.717, 1.165) is 32.1 Å². The summed E-state index contributed by atoms with van der Waals surface area (Å²) >= 11 is 6.08. The Morgan fingerprint density at radius 2 is 2.00 bits per heavy atom. The van der Waals surface area contributed by atoms with Gasteiger partial charge in [-0.2, -0.15) is 0 Å². The third-order valence-electron chi connectivity index (χ3n) is 9.48. The average molecular weight is 435 g/mol. The molecule has 0 saturated heterocycles. The van der Waals surface area contributed by atoms with Crippen molar-refractivity contribution >= 4 is 29.1 Å². The number of hydrogen-bond acceptors (Lipinski definition) is 4. The molecule has 4 aliphatic rings. The first-order chi connectivity index (χ1) is 14.1. The summed E-state index contributed by atoms with van der Waals surface area (Å²) in [5.41, 5.74) is 0.0141. The predicted molar refractivity (Wildman–Crippen MR) is 116 cm³/mol. The van der Waals surface area contributed by atoms with Gasteiger partial charge in [0.05, 0.1) is 5.88 Å². The monoisotopic (exact) mass is 434 g/mol. The van der Waals surface area contributed by atoms with Crippen molar-refractivity contribution in [2.24, 2.45) is 34.5 Å². The molecule has 3 saturated carbocycles. The molecule has 5 heteroatoms. The number of rotatable bonds is 4. The number of Topliss-reactive ketones (excluding diaryl/α,β-unsaturated/α-hetero) is 2. The molecular weight excluding hydrogens is 400 g/mol. The van der Waals surface area contributed by atoms with E-state index in [1.807, 2.05) is 0 Å². The number of hydrogen-bond donors (Lipinski definition) is 0. The normalized spacial score (nSPS) is 45.1. The Hall–Kier alpha value is -1.16. The Morgan fingerprint density at radius 3 is 2.67 bits per heavy atom. The zero-order chi connectivity index (χ0) is 21.9. The molecule has 166 valence electrons. The van der Waals surface area contributed by atoms with Crippen LogP contribution in [0.5, 0.6) is 0 Å². The van der Waals surface area contributed by atoms with Crippen molar-refractivity contribution in [2.45, 2.75) is 84.7 Å². The number of halogens is 1. The van der Waals surface area contributed by atoms with Gasteiger partial charge in [-0.3, -0.25) is 14.4 Å². The third-order valence-corrected chi connectivity index (χ3v) is 9.73. The van der Waals surface area contributed by atoms with Crippen molar-refractivity contribution < 1.29 is 19.1 Å². The molecule has 0 spiro atoms.